The second-order valence-electron chi connectivity index (χ2n) is 5.04. The Kier molecular flexibility index (Phi) is 5.68. The Morgan fingerprint density at radius 2 is 1.75 bits per heavy atom. The first-order chi connectivity index (χ1) is 11.4. The summed E-state index contributed by atoms with van der Waals surface area (Å²) in [6, 6.07) is 7.93. The minimum absolute atomic E-state index is 0.417. The Balaban J connectivity index is 2.01. The molecule has 4 nitrogen and oxygen atoms in total. The lowest BCUT2D eigenvalue weighted by molar-refractivity contribution is -0.116. The number of hydrogen-bond acceptors (Lipinski definition) is 3. The molecule has 0 heterocycles. The highest BCUT2D eigenvalue weighted by Crippen LogP contribution is 2.20. The molecule has 0 saturated carbocycles. The van der Waals surface area contributed by atoms with Crippen LogP contribution in [0.5, 0.6) is 5.75 Å². The van der Waals surface area contributed by atoms with E-state index in [1.54, 1.807) is 31.2 Å². The van der Waals surface area contributed by atoms with E-state index < -0.39 is 35.1 Å². The van der Waals surface area contributed by atoms with E-state index in [1.807, 2.05) is 6.92 Å². The Morgan fingerprint density at radius 1 is 1.08 bits per heavy atom. The predicted molar refractivity (Wildman–Crippen MR) is 85.6 cm³/mol. The molecule has 0 bridgehead atoms. The number of carbonyl (C=O) groups excluding carboxylic acids is 1. The summed E-state index contributed by atoms with van der Waals surface area (Å²) in [5.74, 6) is -4.26. The Bertz CT molecular complexity index is 721. The molecule has 1 amide bonds. The van der Waals surface area contributed by atoms with E-state index in [9.17, 15) is 18.0 Å². The molecular formula is C17H17F3N2O2. The number of amides is 1. The van der Waals surface area contributed by atoms with E-state index in [1.165, 1.54) is 0 Å². The van der Waals surface area contributed by atoms with E-state index in [2.05, 4.69) is 10.6 Å². The second-order valence-corrected chi connectivity index (χ2v) is 5.04. The van der Waals surface area contributed by atoms with Gasteiger partial charge in [-0.05, 0) is 50.2 Å². The highest BCUT2D eigenvalue weighted by molar-refractivity contribution is 5.96. The van der Waals surface area contributed by atoms with Crippen LogP contribution < -0.4 is 15.4 Å². The number of hydrogen-bond donors (Lipinski definition) is 2. The van der Waals surface area contributed by atoms with Crippen LogP contribution in [0.2, 0.25) is 0 Å². The average molecular weight is 338 g/mol. The molecular weight excluding hydrogens is 321 g/mol. The van der Waals surface area contributed by atoms with Gasteiger partial charge in [-0.3, -0.25) is 4.79 Å². The highest BCUT2D eigenvalue weighted by Gasteiger charge is 2.18. The number of rotatable bonds is 6. The third-order valence-corrected chi connectivity index (χ3v) is 3.23. The number of nitrogens with one attached hydrogen (secondary N) is 2. The largest absolute Gasteiger partial charge is 0.494 e. The summed E-state index contributed by atoms with van der Waals surface area (Å²) >= 11 is 0. The molecule has 0 radical (unpaired) electrons. The van der Waals surface area contributed by atoms with Gasteiger partial charge in [-0.25, -0.2) is 13.2 Å². The van der Waals surface area contributed by atoms with Crippen molar-refractivity contribution in [1.29, 1.82) is 0 Å². The minimum Gasteiger partial charge on any atom is -0.494 e. The predicted octanol–water partition coefficient (Wildman–Crippen LogP) is 3.94. The van der Waals surface area contributed by atoms with Crippen LogP contribution in [0.3, 0.4) is 0 Å². The van der Waals surface area contributed by atoms with Gasteiger partial charge in [0.1, 0.15) is 11.8 Å². The van der Waals surface area contributed by atoms with Crippen LogP contribution in [0.15, 0.2) is 36.4 Å². The fourth-order valence-electron chi connectivity index (χ4n) is 1.99. The van der Waals surface area contributed by atoms with Gasteiger partial charge in [-0.1, -0.05) is 0 Å². The monoisotopic (exact) mass is 338 g/mol. The molecule has 0 aromatic heterocycles. The Morgan fingerprint density at radius 3 is 2.38 bits per heavy atom. The van der Waals surface area contributed by atoms with Gasteiger partial charge in [-0.15, -0.1) is 0 Å². The molecule has 2 rings (SSSR count). The maximum Gasteiger partial charge on any atom is 0.246 e. The average Bonchev–Trinajstić information content (AvgIpc) is 2.57. The smallest absolute Gasteiger partial charge is 0.246 e. The van der Waals surface area contributed by atoms with Crippen molar-refractivity contribution in [2.75, 3.05) is 17.2 Å². The molecule has 0 spiro atoms. The maximum absolute atomic E-state index is 13.6. The molecule has 7 heteroatoms. The molecule has 0 aliphatic heterocycles. The number of halogens is 3. The third-order valence-electron chi connectivity index (χ3n) is 3.23. The van der Waals surface area contributed by atoms with E-state index in [0.717, 1.165) is 12.1 Å². The van der Waals surface area contributed by atoms with E-state index in [-0.39, 0.29) is 0 Å². The van der Waals surface area contributed by atoms with Gasteiger partial charge in [0, 0.05) is 5.69 Å². The quantitative estimate of drug-likeness (QED) is 0.785. The first kappa shape index (κ1) is 17.7. The number of benzene rings is 2. The van der Waals surface area contributed by atoms with E-state index >= 15 is 0 Å². The van der Waals surface area contributed by atoms with Crippen LogP contribution in [0.1, 0.15) is 13.8 Å². The van der Waals surface area contributed by atoms with Gasteiger partial charge < -0.3 is 15.4 Å². The lowest BCUT2D eigenvalue weighted by Crippen LogP contribution is -2.32. The fourth-order valence-corrected chi connectivity index (χ4v) is 1.99. The molecule has 24 heavy (non-hydrogen) atoms. The summed E-state index contributed by atoms with van der Waals surface area (Å²) in [5, 5.41) is 5.14. The maximum atomic E-state index is 13.6. The van der Waals surface area contributed by atoms with Gasteiger partial charge in [0.05, 0.1) is 12.3 Å². The highest BCUT2D eigenvalue weighted by atomic mass is 19.2. The molecule has 0 aliphatic carbocycles. The zero-order valence-electron chi connectivity index (χ0n) is 13.2. The van der Waals surface area contributed by atoms with Crippen molar-refractivity contribution in [2.24, 2.45) is 0 Å². The van der Waals surface area contributed by atoms with Crippen molar-refractivity contribution in [3.05, 3.63) is 53.8 Å². The van der Waals surface area contributed by atoms with Crippen molar-refractivity contribution in [1.82, 2.24) is 0 Å². The summed E-state index contributed by atoms with van der Waals surface area (Å²) < 4.78 is 44.9. The van der Waals surface area contributed by atoms with Crippen molar-refractivity contribution in [3.63, 3.8) is 0 Å². The van der Waals surface area contributed by atoms with Crippen LogP contribution in [0, 0.1) is 17.5 Å². The van der Waals surface area contributed by atoms with Crippen LogP contribution in [-0.2, 0) is 4.79 Å². The lowest BCUT2D eigenvalue weighted by atomic mass is 10.2. The zero-order chi connectivity index (χ0) is 17.7. The first-order valence-corrected chi connectivity index (χ1v) is 7.36. The number of anilines is 2. The molecule has 2 aromatic rings. The molecule has 128 valence electrons. The molecule has 2 N–H and O–H groups in total. The normalized spacial score (nSPS) is 11.7. The summed E-state index contributed by atoms with van der Waals surface area (Å²) in [5.41, 5.74) is 0.242. The van der Waals surface area contributed by atoms with Crippen LogP contribution >= 0.6 is 0 Å². The van der Waals surface area contributed by atoms with Gasteiger partial charge >= 0.3 is 0 Å². The summed E-state index contributed by atoms with van der Waals surface area (Å²) in [6.07, 6.45) is 0. The summed E-state index contributed by atoms with van der Waals surface area (Å²) in [4.78, 5) is 12.1. The molecule has 0 fully saturated rings. The molecule has 0 saturated heterocycles. The Hall–Kier alpha value is -2.70. The minimum atomic E-state index is -1.63. The topological polar surface area (TPSA) is 50.4 Å². The zero-order valence-corrected chi connectivity index (χ0v) is 13.2. The molecule has 0 aliphatic rings. The van der Waals surface area contributed by atoms with Crippen LogP contribution in [0.25, 0.3) is 0 Å². The van der Waals surface area contributed by atoms with Crippen molar-refractivity contribution < 1.29 is 22.7 Å². The number of carbonyl (C=O) groups is 1. The van der Waals surface area contributed by atoms with Crippen molar-refractivity contribution in [3.8, 4) is 5.75 Å². The van der Waals surface area contributed by atoms with E-state index in [0.29, 0.717) is 18.0 Å². The molecule has 0 unspecified atom stereocenters. The third kappa shape index (κ3) is 4.18. The van der Waals surface area contributed by atoms with Crippen LogP contribution in [-0.4, -0.2) is 18.6 Å². The van der Waals surface area contributed by atoms with Gasteiger partial charge in [0.2, 0.25) is 5.91 Å². The summed E-state index contributed by atoms with van der Waals surface area (Å²) in [6.45, 7) is 3.98. The number of ether oxygens (including phenoxy) is 1. The van der Waals surface area contributed by atoms with Crippen molar-refractivity contribution in [2.45, 2.75) is 19.9 Å². The molecule has 1 atom stereocenters. The lowest BCUT2D eigenvalue weighted by Gasteiger charge is -2.16. The van der Waals surface area contributed by atoms with E-state index in [4.69, 9.17) is 4.74 Å². The second kappa shape index (κ2) is 7.72. The standard InChI is InChI=1S/C17H17F3N2O2/c1-3-24-12-6-4-11(5-7-12)21-10(2)17(23)22-14-9-8-13(18)15(19)16(14)20/h4-10,21H,3H2,1-2H3,(H,22,23)/t10-/m0/s1. The Labute approximate surface area is 137 Å². The molecule has 2 aromatic carbocycles. The van der Waals surface area contributed by atoms with Crippen molar-refractivity contribution >= 4 is 17.3 Å². The fraction of sp³-hybridized carbons (Fsp3) is 0.235. The van der Waals surface area contributed by atoms with Gasteiger partial charge in [-0.2, -0.15) is 0 Å². The van der Waals surface area contributed by atoms with Gasteiger partial charge in [0.15, 0.2) is 17.5 Å². The SMILES string of the molecule is CCOc1ccc(N[C@@H](C)C(=O)Nc2ccc(F)c(F)c2F)cc1. The first-order valence-electron chi connectivity index (χ1n) is 7.36. The van der Waals surface area contributed by atoms with Gasteiger partial charge in [0.25, 0.3) is 0 Å². The van der Waals surface area contributed by atoms with Crippen LogP contribution in [0.4, 0.5) is 24.5 Å². The summed E-state index contributed by atoms with van der Waals surface area (Å²) in [7, 11) is 0.